The monoisotopic (exact) mass is 286 g/mol. The van der Waals surface area contributed by atoms with E-state index in [4.69, 9.17) is 4.74 Å². The summed E-state index contributed by atoms with van der Waals surface area (Å²) in [7, 11) is 3.96. The number of hydrogen-bond donors (Lipinski definition) is 1. The van der Waals surface area contributed by atoms with Crippen LogP contribution in [-0.2, 0) is 0 Å². The highest BCUT2D eigenvalue weighted by Crippen LogP contribution is 2.26. The topological polar surface area (TPSA) is 45.6 Å². The molecule has 1 unspecified atom stereocenters. The lowest BCUT2D eigenvalue weighted by Gasteiger charge is -2.17. The largest absolute Gasteiger partial charge is 0.492 e. The molecule has 21 heavy (non-hydrogen) atoms. The smallest absolute Gasteiger partial charge is 0.137 e. The SMILES string of the molecule is CCCOc1cncc(C(O)c2cccc(N(C)C)c2)c1. The summed E-state index contributed by atoms with van der Waals surface area (Å²) in [5.74, 6) is 0.692. The molecule has 1 aromatic heterocycles. The molecule has 4 nitrogen and oxygen atoms in total. The molecule has 2 rings (SSSR count). The minimum atomic E-state index is -0.706. The van der Waals surface area contributed by atoms with Crippen LogP contribution in [0.25, 0.3) is 0 Å². The molecule has 4 heteroatoms. The van der Waals surface area contributed by atoms with E-state index in [1.165, 1.54) is 0 Å². The second-order valence-corrected chi connectivity index (χ2v) is 5.19. The molecule has 0 bridgehead atoms. The van der Waals surface area contributed by atoms with E-state index >= 15 is 0 Å². The quantitative estimate of drug-likeness (QED) is 0.886. The highest BCUT2D eigenvalue weighted by atomic mass is 16.5. The van der Waals surface area contributed by atoms with Gasteiger partial charge in [-0.3, -0.25) is 4.98 Å². The number of ether oxygens (including phenoxy) is 1. The van der Waals surface area contributed by atoms with Crippen molar-refractivity contribution >= 4 is 5.69 Å². The lowest BCUT2D eigenvalue weighted by atomic mass is 10.0. The van der Waals surface area contributed by atoms with Crippen LogP contribution in [0.3, 0.4) is 0 Å². The van der Waals surface area contributed by atoms with Crippen molar-refractivity contribution in [3.63, 3.8) is 0 Å². The molecule has 0 aliphatic carbocycles. The van der Waals surface area contributed by atoms with E-state index in [1.54, 1.807) is 12.4 Å². The molecule has 0 aliphatic heterocycles. The maximum Gasteiger partial charge on any atom is 0.137 e. The third-order valence-electron chi connectivity index (χ3n) is 3.23. The summed E-state index contributed by atoms with van der Waals surface area (Å²) in [6.45, 7) is 2.70. The highest BCUT2D eigenvalue weighted by molar-refractivity contribution is 5.49. The first kappa shape index (κ1) is 15.3. The Bertz CT molecular complexity index is 585. The molecule has 2 aromatic rings. The van der Waals surface area contributed by atoms with Crippen LogP contribution in [-0.4, -0.2) is 30.8 Å². The number of rotatable bonds is 6. The Labute approximate surface area is 126 Å². The Kier molecular flexibility index (Phi) is 5.17. The van der Waals surface area contributed by atoms with Gasteiger partial charge in [-0.15, -0.1) is 0 Å². The van der Waals surface area contributed by atoms with E-state index in [9.17, 15) is 5.11 Å². The normalized spacial score (nSPS) is 12.0. The van der Waals surface area contributed by atoms with Crippen LogP contribution in [0.1, 0.15) is 30.6 Å². The first-order valence-corrected chi connectivity index (χ1v) is 7.15. The first-order valence-electron chi connectivity index (χ1n) is 7.15. The van der Waals surface area contributed by atoms with Crippen LogP contribution in [0, 0.1) is 0 Å². The molecule has 0 spiro atoms. The second kappa shape index (κ2) is 7.09. The average Bonchev–Trinajstić information content (AvgIpc) is 2.52. The van der Waals surface area contributed by atoms with Gasteiger partial charge >= 0.3 is 0 Å². The van der Waals surface area contributed by atoms with Gasteiger partial charge in [-0.2, -0.15) is 0 Å². The fourth-order valence-electron chi connectivity index (χ4n) is 2.05. The van der Waals surface area contributed by atoms with Crippen LogP contribution in [0.2, 0.25) is 0 Å². The highest BCUT2D eigenvalue weighted by Gasteiger charge is 2.12. The number of nitrogens with zero attached hydrogens (tertiary/aromatic N) is 2. The van der Waals surface area contributed by atoms with Gasteiger partial charge in [0, 0.05) is 31.5 Å². The van der Waals surface area contributed by atoms with E-state index in [2.05, 4.69) is 11.9 Å². The molecular weight excluding hydrogens is 264 g/mol. The van der Waals surface area contributed by atoms with Crippen molar-refractivity contribution in [2.45, 2.75) is 19.4 Å². The summed E-state index contributed by atoms with van der Waals surface area (Å²) < 4.78 is 5.56. The Balaban J connectivity index is 2.23. The number of aliphatic hydroxyl groups excluding tert-OH is 1. The third-order valence-corrected chi connectivity index (χ3v) is 3.23. The van der Waals surface area contributed by atoms with Gasteiger partial charge in [0.1, 0.15) is 11.9 Å². The molecule has 0 amide bonds. The van der Waals surface area contributed by atoms with E-state index in [-0.39, 0.29) is 0 Å². The van der Waals surface area contributed by atoms with Gasteiger partial charge in [-0.1, -0.05) is 19.1 Å². The van der Waals surface area contributed by atoms with Crippen LogP contribution in [0.4, 0.5) is 5.69 Å². The molecule has 0 saturated heterocycles. The van der Waals surface area contributed by atoms with Crippen LogP contribution in [0.5, 0.6) is 5.75 Å². The summed E-state index contributed by atoms with van der Waals surface area (Å²) in [6.07, 6.45) is 3.58. The lowest BCUT2D eigenvalue weighted by Crippen LogP contribution is -2.09. The van der Waals surface area contributed by atoms with E-state index in [0.717, 1.165) is 23.2 Å². The first-order chi connectivity index (χ1) is 10.1. The van der Waals surface area contributed by atoms with Gasteiger partial charge in [0.2, 0.25) is 0 Å². The van der Waals surface area contributed by atoms with Gasteiger partial charge in [0.25, 0.3) is 0 Å². The molecular formula is C17H22N2O2. The third kappa shape index (κ3) is 3.95. The average molecular weight is 286 g/mol. The van der Waals surface area contributed by atoms with Gasteiger partial charge in [-0.25, -0.2) is 0 Å². The predicted molar refractivity (Wildman–Crippen MR) is 84.9 cm³/mol. The van der Waals surface area contributed by atoms with Crippen molar-refractivity contribution in [2.24, 2.45) is 0 Å². The summed E-state index contributed by atoms with van der Waals surface area (Å²) in [5.41, 5.74) is 2.63. The zero-order valence-electron chi connectivity index (χ0n) is 12.8. The molecule has 112 valence electrons. The van der Waals surface area contributed by atoms with E-state index in [0.29, 0.717) is 12.4 Å². The van der Waals surface area contributed by atoms with Gasteiger partial charge < -0.3 is 14.7 Å². The van der Waals surface area contributed by atoms with Crippen molar-refractivity contribution in [3.8, 4) is 5.75 Å². The summed E-state index contributed by atoms with van der Waals surface area (Å²) >= 11 is 0. The van der Waals surface area contributed by atoms with E-state index in [1.807, 2.05) is 49.3 Å². The molecule has 0 aliphatic rings. The van der Waals surface area contributed by atoms with E-state index < -0.39 is 6.10 Å². The second-order valence-electron chi connectivity index (χ2n) is 5.19. The molecule has 1 N–H and O–H groups in total. The zero-order chi connectivity index (χ0) is 15.2. The Hall–Kier alpha value is -2.07. The van der Waals surface area contributed by atoms with Crippen molar-refractivity contribution in [3.05, 3.63) is 53.9 Å². The summed E-state index contributed by atoms with van der Waals surface area (Å²) in [5, 5.41) is 10.5. The molecule has 1 atom stereocenters. The molecule has 1 heterocycles. The van der Waals surface area contributed by atoms with Crippen LogP contribution < -0.4 is 9.64 Å². The van der Waals surface area contributed by atoms with Crippen LogP contribution >= 0.6 is 0 Å². The number of anilines is 1. The number of aromatic nitrogens is 1. The Morgan fingerprint density at radius 3 is 2.71 bits per heavy atom. The Morgan fingerprint density at radius 1 is 1.19 bits per heavy atom. The lowest BCUT2D eigenvalue weighted by molar-refractivity contribution is 0.219. The fraction of sp³-hybridized carbons (Fsp3) is 0.353. The molecule has 1 aromatic carbocycles. The van der Waals surface area contributed by atoms with Gasteiger partial charge in [0.05, 0.1) is 12.8 Å². The molecule has 0 saturated carbocycles. The summed E-state index contributed by atoms with van der Waals surface area (Å²) in [6, 6.07) is 9.69. The predicted octanol–water partition coefficient (Wildman–Crippen LogP) is 3.02. The minimum Gasteiger partial charge on any atom is -0.492 e. The minimum absolute atomic E-state index is 0.650. The molecule has 0 fully saturated rings. The van der Waals surface area contributed by atoms with Gasteiger partial charge in [-0.05, 0) is 30.2 Å². The number of benzene rings is 1. The zero-order valence-corrected chi connectivity index (χ0v) is 12.8. The Morgan fingerprint density at radius 2 is 2.00 bits per heavy atom. The number of hydrogen-bond acceptors (Lipinski definition) is 4. The van der Waals surface area contributed by atoms with Crippen LogP contribution in [0.15, 0.2) is 42.7 Å². The molecule has 0 radical (unpaired) electrons. The van der Waals surface area contributed by atoms with Crippen molar-refractivity contribution < 1.29 is 9.84 Å². The van der Waals surface area contributed by atoms with Crippen molar-refractivity contribution in [2.75, 3.05) is 25.6 Å². The van der Waals surface area contributed by atoms with Crippen molar-refractivity contribution in [1.29, 1.82) is 0 Å². The number of pyridine rings is 1. The van der Waals surface area contributed by atoms with Gasteiger partial charge in [0.15, 0.2) is 0 Å². The summed E-state index contributed by atoms with van der Waals surface area (Å²) in [4.78, 5) is 6.16. The standard InChI is InChI=1S/C17H22N2O2/c1-4-8-21-16-10-14(11-18-12-16)17(20)13-6-5-7-15(9-13)19(2)3/h5-7,9-12,17,20H,4,8H2,1-3H3. The van der Waals surface area contributed by atoms with Crippen molar-refractivity contribution in [1.82, 2.24) is 4.98 Å². The fourth-order valence-corrected chi connectivity index (χ4v) is 2.05. The maximum atomic E-state index is 10.5. The number of aliphatic hydroxyl groups is 1. The maximum absolute atomic E-state index is 10.5.